The summed E-state index contributed by atoms with van der Waals surface area (Å²) in [6, 6.07) is 2.85. The summed E-state index contributed by atoms with van der Waals surface area (Å²) in [6.07, 6.45) is 0.436. The molecule has 0 saturated heterocycles. The van der Waals surface area contributed by atoms with Crippen molar-refractivity contribution < 1.29 is 14.2 Å². The minimum atomic E-state index is -0.484. The van der Waals surface area contributed by atoms with E-state index in [-0.39, 0.29) is 11.5 Å². The highest BCUT2D eigenvalue weighted by molar-refractivity contribution is 5.41. The average molecular weight is 199 g/mol. The molecular formula is C10H14FNO2. The molecule has 2 N–H and O–H groups in total. The van der Waals surface area contributed by atoms with Crippen molar-refractivity contribution >= 4 is 0 Å². The van der Waals surface area contributed by atoms with Crippen LogP contribution in [0.5, 0.6) is 11.5 Å². The number of methoxy groups -OCH3 is 1. The molecule has 0 heterocycles. The lowest BCUT2D eigenvalue weighted by molar-refractivity contribution is 0.378. The van der Waals surface area contributed by atoms with Crippen molar-refractivity contribution in [2.75, 3.05) is 20.7 Å². The second kappa shape index (κ2) is 4.81. The van der Waals surface area contributed by atoms with E-state index in [1.54, 1.807) is 7.05 Å². The van der Waals surface area contributed by atoms with Gasteiger partial charge in [-0.15, -0.1) is 0 Å². The molecular weight excluding hydrogens is 185 g/mol. The molecule has 0 aliphatic rings. The van der Waals surface area contributed by atoms with E-state index in [0.29, 0.717) is 18.5 Å². The van der Waals surface area contributed by atoms with Gasteiger partial charge in [0.1, 0.15) is 5.75 Å². The van der Waals surface area contributed by atoms with Crippen molar-refractivity contribution in [3.05, 3.63) is 23.5 Å². The number of halogens is 1. The van der Waals surface area contributed by atoms with Gasteiger partial charge in [0.25, 0.3) is 0 Å². The Hall–Kier alpha value is -1.29. The lowest BCUT2D eigenvalue weighted by atomic mass is 10.1. The van der Waals surface area contributed by atoms with E-state index in [1.807, 2.05) is 0 Å². The third-order valence-electron chi connectivity index (χ3n) is 2.03. The number of hydrogen-bond acceptors (Lipinski definition) is 3. The molecule has 0 amide bonds. The number of phenolic OH excluding ortho intramolecular Hbond substituents is 1. The minimum Gasteiger partial charge on any atom is -0.508 e. The molecule has 0 fully saturated rings. The summed E-state index contributed by atoms with van der Waals surface area (Å²) in [4.78, 5) is 0. The van der Waals surface area contributed by atoms with Crippen LogP contribution in [0.4, 0.5) is 4.39 Å². The lowest BCUT2D eigenvalue weighted by Gasteiger charge is -2.09. The molecule has 78 valence electrons. The topological polar surface area (TPSA) is 41.5 Å². The third kappa shape index (κ3) is 2.14. The molecule has 0 saturated carbocycles. The van der Waals surface area contributed by atoms with Crippen LogP contribution in [0.3, 0.4) is 0 Å². The van der Waals surface area contributed by atoms with Crippen LogP contribution in [0.1, 0.15) is 5.56 Å². The van der Waals surface area contributed by atoms with Gasteiger partial charge >= 0.3 is 0 Å². The zero-order chi connectivity index (χ0) is 10.6. The van der Waals surface area contributed by atoms with Gasteiger partial charge in [-0.25, -0.2) is 4.39 Å². The Morgan fingerprint density at radius 1 is 1.50 bits per heavy atom. The maximum Gasteiger partial charge on any atom is 0.171 e. The molecule has 0 unspecified atom stereocenters. The second-order valence-corrected chi connectivity index (χ2v) is 2.93. The average Bonchev–Trinajstić information content (AvgIpc) is 2.18. The molecule has 1 aromatic rings. The molecule has 0 aliphatic heterocycles. The smallest absolute Gasteiger partial charge is 0.171 e. The first-order valence-corrected chi connectivity index (χ1v) is 4.39. The van der Waals surface area contributed by atoms with Gasteiger partial charge in [0.05, 0.1) is 7.11 Å². The fourth-order valence-electron chi connectivity index (χ4n) is 1.23. The van der Waals surface area contributed by atoms with Crippen molar-refractivity contribution in [3.8, 4) is 11.5 Å². The van der Waals surface area contributed by atoms with Crippen LogP contribution in [0, 0.1) is 5.82 Å². The normalized spacial score (nSPS) is 10.2. The Morgan fingerprint density at radius 2 is 2.21 bits per heavy atom. The predicted octanol–water partition coefficient (Wildman–Crippen LogP) is 1.30. The molecule has 0 spiro atoms. The maximum atomic E-state index is 13.5. The van der Waals surface area contributed by atoms with Gasteiger partial charge in [0, 0.05) is 5.56 Å². The van der Waals surface area contributed by atoms with Gasteiger partial charge in [-0.3, -0.25) is 0 Å². The number of nitrogens with one attached hydrogen (secondary N) is 1. The van der Waals surface area contributed by atoms with Crippen LogP contribution in [-0.2, 0) is 6.42 Å². The number of phenols is 1. The molecule has 0 atom stereocenters. The van der Waals surface area contributed by atoms with E-state index in [0.717, 1.165) is 0 Å². The standard InChI is InChI=1S/C10H14FNO2/c1-12-6-5-7-8(13)3-4-9(14-2)10(7)11/h3-4,12-13H,5-6H2,1-2H3. The van der Waals surface area contributed by atoms with Crippen LogP contribution in [-0.4, -0.2) is 25.8 Å². The Balaban J connectivity index is 2.99. The number of hydrogen-bond donors (Lipinski definition) is 2. The Bertz CT molecular complexity index is 315. The van der Waals surface area contributed by atoms with E-state index in [1.165, 1.54) is 19.2 Å². The predicted molar refractivity (Wildman–Crippen MR) is 52.2 cm³/mol. The van der Waals surface area contributed by atoms with Crippen molar-refractivity contribution in [1.29, 1.82) is 0 Å². The quantitative estimate of drug-likeness (QED) is 0.768. The number of rotatable bonds is 4. The molecule has 0 radical (unpaired) electrons. The van der Waals surface area contributed by atoms with Gasteiger partial charge in [-0.1, -0.05) is 0 Å². The van der Waals surface area contributed by atoms with Gasteiger partial charge in [-0.05, 0) is 32.1 Å². The highest BCUT2D eigenvalue weighted by atomic mass is 19.1. The molecule has 1 rings (SSSR count). The van der Waals surface area contributed by atoms with E-state index in [2.05, 4.69) is 5.32 Å². The number of benzene rings is 1. The van der Waals surface area contributed by atoms with Crippen LogP contribution in [0.15, 0.2) is 12.1 Å². The molecule has 0 bridgehead atoms. The third-order valence-corrected chi connectivity index (χ3v) is 2.03. The summed E-state index contributed by atoms with van der Waals surface area (Å²) in [6.45, 7) is 0.609. The SMILES string of the molecule is CNCCc1c(O)ccc(OC)c1F. The summed E-state index contributed by atoms with van der Waals surface area (Å²) < 4.78 is 18.4. The largest absolute Gasteiger partial charge is 0.508 e. The number of likely N-dealkylation sites (N-methyl/N-ethyl adjacent to an activating group) is 1. The van der Waals surface area contributed by atoms with Crippen LogP contribution >= 0.6 is 0 Å². The first-order chi connectivity index (χ1) is 6.70. The van der Waals surface area contributed by atoms with Gasteiger partial charge in [0.15, 0.2) is 11.6 Å². The monoisotopic (exact) mass is 199 g/mol. The van der Waals surface area contributed by atoms with E-state index in [9.17, 15) is 9.50 Å². The summed E-state index contributed by atoms with van der Waals surface area (Å²) in [7, 11) is 3.17. The highest BCUT2D eigenvalue weighted by Gasteiger charge is 2.12. The molecule has 0 aliphatic carbocycles. The molecule has 1 aromatic carbocycles. The molecule has 3 nitrogen and oxygen atoms in total. The zero-order valence-corrected chi connectivity index (χ0v) is 8.30. The minimum absolute atomic E-state index is 0.0291. The number of aromatic hydroxyl groups is 1. The summed E-state index contributed by atoms with van der Waals surface area (Å²) in [5, 5.41) is 12.3. The first kappa shape index (κ1) is 10.8. The Morgan fingerprint density at radius 3 is 2.79 bits per heavy atom. The summed E-state index contributed by atoms with van der Waals surface area (Å²) in [5.41, 5.74) is 0.290. The fourth-order valence-corrected chi connectivity index (χ4v) is 1.23. The number of ether oxygens (including phenoxy) is 1. The van der Waals surface area contributed by atoms with Crippen molar-refractivity contribution in [3.63, 3.8) is 0 Å². The van der Waals surface area contributed by atoms with Gasteiger partial charge in [0.2, 0.25) is 0 Å². The maximum absolute atomic E-state index is 13.5. The Labute approximate surface area is 82.5 Å². The van der Waals surface area contributed by atoms with Gasteiger partial charge < -0.3 is 15.2 Å². The molecule has 14 heavy (non-hydrogen) atoms. The first-order valence-electron chi connectivity index (χ1n) is 4.39. The van der Waals surface area contributed by atoms with E-state index < -0.39 is 5.82 Å². The van der Waals surface area contributed by atoms with Crippen LogP contribution < -0.4 is 10.1 Å². The van der Waals surface area contributed by atoms with E-state index in [4.69, 9.17) is 4.74 Å². The molecule has 0 aromatic heterocycles. The van der Waals surface area contributed by atoms with Crippen molar-refractivity contribution in [2.24, 2.45) is 0 Å². The lowest BCUT2D eigenvalue weighted by Crippen LogP contribution is -2.11. The van der Waals surface area contributed by atoms with Crippen LogP contribution in [0.2, 0.25) is 0 Å². The van der Waals surface area contributed by atoms with Crippen LogP contribution in [0.25, 0.3) is 0 Å². The van der Waals surface area contributed by atoms with E-state index >= 15 is 0 Å². The second-order valence-electron chi connectivity index (χ2n) is 2.93. The fraction of sp³-hybridized carbons (Fsp3) is 0.400. The summed E-state index contributed by atoms with van der Waals surface area (Å²) >= 11 is 0. The highest BCUT2D eigenvalue weighted by Crippen LogP contribution is 2.28. The van der Waals surface area contributed by atoms with Gasteiger partial charge in [-0.2, -0.15) is 0 Å². The Kier molecular flexibility index (Phi) is 3.71. The zero-order valence-electron chi connectivity index (χ0n) is 8.30. The van der Waals surface area contributed by atoms with Crippen molar-refractivity contribution in [2.45, 2.75) is 6.42 Å². The van der Waals surface area contributed by atoms with Crippen molar-refractivity contribution in [1.82, 2.24) is 5.32 Å². The summed E-state index contributed by atoms with van der Waals surface area (Å²) in [5.74, 6) is -0.352. The molecule has 4 heteroatoms.